The summed E-state index contributed by atoms with van der Waals surface area (Å²) in [7, 11) is 4.02. The van der Waals surface area contributed by atoms with Gasteiger partial charge in [0.15, 0.2) is 0 Å². The summed E-state index contributed by atoms with van der Waals surface area (Å²) in [5, 5.41) is 6.04. The van der Waals surface area contributed by atoms with Crippen molar-refractivity contribution in [1.82, 2.24) is 20.2 Å². The van der Waals surface area contributed by atoms with E-state index in [1.54, 1.807) is 6.07 Å². The maximum atomic E-state index is 12.3. The number of hydrogen-bond acceptors (Lipinski definition) is 6. The van der Waals surface area contributed by atoms with E-state index in [0.29, 0.717) is 24.8 Å². The molecule has 7 heteroatoms. The van der Waals surface area contributed by atoms with Crippen molar-refractivity contribution in [1.29, 1.82) is 0 Å². The van der Waals surface area contributed by atoms with E-state index in [0.717, 1.165) is 30.1 Å². The molecule has 0 atom stereocenters. The molecule has 0 radical (unpaired) electrons. The highest BCUT2D eigenvalue weighted by molar-refractivity contribution is 5.92. The lowest BCUT2D eigenvalue weighted by atomic mass is 10.3. The van der Waals surface area contributed by atoms with Crippen LogP contribution in [0.2, 0.25) is 0 Å². The zero-order valence-electron chi connectivity index (χ0n) is 15.9. The number of aromatic nitrogens is 2. The molecule has 26 heavy (non-hydrogen) atoms. The lowest BCUT2D eigenvalue weighted by Crippen LogP contribution is -2.28. The van der Waals surface area contributed by atoms with Gasteiger partial charge in [-0.15, -0.1) is 0 Å². The van der Waals surface area contributed by atoms with Gasteiger partial charge in [-0.2, -0.15) is 0 Å². The van der Waals surface area contributed by atoms with E-state index in [4.69, 9.17) is 4.74 Å². The normalized spacial score (nSPS) is 10.7. The van der Waals surface area contributed by atoms with Crippen LogP contribution in [0.1, 0.15) is 29.5 Å². The highest BCUT2D eigenvalue weighted by atomic mass is 16.5. The number of carbonyl (C=O) groups excluding carboxylic acids is 1. The van der Waals surface area contributed by atoms with Crippen LogP contribution in [0, 0.1) is 6.92 Å². The Balaban J connectivity index is 2.08. The van der Waals surface area contributed by atoms with Crippen molar-refractivity contribution in [2.75, 3.05) is 39.1 Å². The van der Waals surface area contributed by atoms with Gasteiger partial charge >= 0.3 is 0 Å². The van der Waals surface area contributed by atoms with Gasteiger partial charge in [-0.05, 0) is 59.1 Å². The Bertz CT molecular complexity index is 734. The number of rotatable bonds is 9. The number of carbonyl (C=O) groups is 1. The molecule has 2 rings (SSSR count). The largest absolute Gasteiger partial charge is 0.492 e. The van der Waals surface area contributed by atoms with Gasteiger partial charge in [0, 0.05) is 12.2 Å². The Morgan fingerprint density at radius 3 is 2.73 bits per heavy atom. The quantitative estimate of drug-likeness (QED) is 0.672. The second-order valence-electron chi connectivity index (χ2n) is 6.19. The zero-order chi connectivity index (χ0) is 18.9. The summed E-state index contributed by atoms with van der Waals surface area (Å²) >= 11 is 0. The van der Waals surface area contributed by atoms with Crippen LogP contribution in [0.15, 0.2) is 30.3 Å². The predicted octanol–water partition coefficient (Wildman–Crippen LogP) is 2.61. The molecule has 0 aliphatic carbocycles. The van der Waals surface area contributed by atoms with Crippen molar-refractivity contribution in [3.63, 3.8) is 0 Å². The minimum atomic E-state index is -0.199. The van der Waals surface area contributed by atoms with Crippen LogP contribution >= 0.6 is 0 Å². The SMILES string of the molecule is CCOc1ccccc1Nc1nc(C)cc(C(=O)NCCCN(C)C)n1. The fraction of sp³-hybridized carbons (Fsp3) is 0.421. The Morgan fingerprint density at radius 1 is 1.23 bits per heavy atom. The second-order valence-corrected chi connectivity index (χ2v) is 6.19. The molecule has 140 valence electrons. The van der Waals surface area contributed by atoms with Crippen LogP contribution < -0.4 is 15.4 Å². The van der Waals surface area contributed by atoms with E-state index in [-0.39, 0.29) is 5.91 Å². The van der Waals surface area contributed by atoms with E-state index in [1.165, 1.54) is 0 Å². The third-order valence-corrected chi connectivity index (χ3v) is 3.59. The molecule has 0 saturated heterocycles. The van der Waals surface area contributed by atoms with Crippen LogP contribution in [0.4, 0.5) is 11.6 Å². The first-order chi connectivity index (χ1) is 12.5. The topological polar surface area (TPSA) is 79.4 Å². The predicted molar refractivity (Wildman–Crippen MR) is 103 cm³/mol. The van der Waals surface area contributed by atoms with E-state index in [2.05, 4.69) is 25.5 Å². The number of amides is 1. The van der Waals surface area contributed by atoms with E-state index in [1.807, 2.05) is 52.2 Å². The summed E-state index contributed by atoms with van der Waals surface area (Å²) in [5.41, 5.74) is 1.82. The molecule has 0 aliphatic rings. The van der Waals surface area contributed by atoms with Gasteiger partial charge in [-0.1, -0.05) is 12.1 Å². The van der Waals surface area contributed by atoms with Crippen LogP contribution in [0.25, 0.3) is 0 Å². The molecule has 1 aromatic carbocycles. The molecule has 1 amide bonds. The average molecular weight is 357 g/mol. The van der Waals surface area contributed by atoms with E-state index < -0.39 is 0 Å². The van der Waals surface area contributed by atoms with Gasteiger partial charge in [0.05, 0.1) is 12.3 Å². The maximum absolute atomic E-state index is 12.3. The molecule has 0 unspecified atom stereocenters. The summed E-state index contributed by atoms with van der Waals surface area (Å²) in [5.74, 6) is 0.890. The zero-order valence-corrected chi connectivity index (χ0v) is 15.9. The minimum Gasteiger partial charge on any atom is -0.492 e. The number of benzene rings is 1. The van der Waals surface area contributed by atoms with Crippen molar-refractivity contribution < 1.29 is 9.53 Å². The van der Waals surface area contributed by atoms with Gasteiger partial charge in [0.25, 0.3) is 5.91 Å². The summed E-state index contributed by atoms with van der Waals surface area (Å²) in [6, 6.07) is 9.25. The molecule has 0 bridgehead atoms. The Morgan fingerprint density at radius 2 is 2.00 bits per heavy atom. The number of ether oxygens (including phenoxy) is 1. The smallest absolute Gasteiger partial charge is 0.270 e. The number of nitrogens with one attached hydrogen (secondary N) is 2. The lowest BCUT2D eigenvalue weighted by molar-refractivity contribution is 0.0947. The first kappa shape index (κ1) is 19.7. The second kappa shape index (κ2) is 9.72. The molecule has 2 aromatic rings. The Hall–Kier alpha value is -2.67. The summed E-state index contributed by atoms with van der Waals surface area (Å²) in [4.78, 5) is 23.1. The summed E-state index contributed by atoms with van der Waals surface area (Å²) < 4.78 is 5.60. The molecule has 7 nitrogen and oxygen atoms in total. The first-order valence-electron chi connectivity index (χ1n) is 8.77. The number of para-hydroxylation sites is 2. The lowest BCUT2D eigenvalue weighted by Gasteiger charge is -2.13. The molecular formula is C19H27N5O2. The molecule has 0 aliphatic heterocycles. The van der Waals surface area contributed by atoms with Crippen molar-refractivity contribution in [2.45, 2.75) is 20.3 Å². The fourth-order valence-electron chi connectivity index (χ4n) is 2.40. The fourth-order valence-corrected chi connectivity index (χ4v) is 2.40. The first-order valence-corrected chi connectivity index (χ1v) is 8.77. The molecule has 2 N–H and O–H groups in total. The van der Waals surface area contributed by atoms with Gasteiger partial charge in [-0.3, -0.25) is 4.79 Å². The van der Waals surface area contributed by atoms with Gasteiger partial charge in [0.2, 0.25) is 5.95 Å². The average Bonchev–Trinajstić information content (AvgIpc) is 2.60. The molecular weight excluding hydrogens is 330 g/mol. The van der Waals surface area contributed by atoms with Crippen molar-refractivity contribution >= 4 is 17.5 Å². The van der Waals surface area contributed by atoms with Crippen molar-refractivity contribution in [3.05, 3.63) is 41.7 Å². The van der Waals surface area contributed by atoms with Crippen molar-refractivity contribution in [3.8, 4) is 5.75 Å². The number of hydrogen-bond donors (Lipinski definition) is 2. The Kier molecular flexibility index (Phi) is 7.35. The molecule has 1 heterocycles. The standard InChI is InChI=1S/C19H27N5O2/c1-5-26-17-10-7-6-9-15(17)22-19-21-14(2)13-16(23-19)18(25)20-11-8-12-24(3)4/h6-7,9-10,13H,5,8,11-12H2,1-4H3,(H,20,25)(H,21,22,23). The third kappa shape index (κ3) is 6.00. The highest BCUT2D eigenvalue weighted by Gasteiger charge is 2.12. The number of nitrogens with zero attached hydrogens (tertiary/aromatic N) is 3. The monoisotopic (exact) mass is 357 g/mol. The van der Waals surface area contributed by atoms with Gasteiger partial charge < -0.3 is 20.3 Å². The maximum Gasteiger partial charge on any atom is 0.270 e. The van der Waals surface area contributed by atoms with Crippen molar-refractivity contribution in [2.24, 2.45) is 0 Å². The molecule has 0 fully saturated rings. The number of aryl methyl sites for hydroxylation is 1. The van der Waals surface area contributed by atoms with Gasteiger partial charge in [-0.25, -0.2) is 9.97 Å². The molecule has 1 aromatic heterocycles. The van der Waals surface area contributed by atoms with Crippen LogP contribution in [-0.4, -0.2) is 54.6 Å². The van der Waals surface area contributed by atoms with Gasteiger partial charge in [0.1, 0.15) is 11.4 Å². The summed E-state index contributed by atoms with van der Waals surface area (Å²) in [6.45, 7) is 5.86. The number of anilines is 2. The minimum absolute atomic E-state index is 0.199. The third-order valence-electron chi connectivity index (χ3n) is 3.59. The van der Waals surface area contributed by atoms with Crippen LogP contribution in [0.5, 0.6) is 5.75 Å². The van der Waals surface area contributed by atoms with E-state index in [9.17, 15) is 4.79 Å². The highest BCUT2D eigenvalue weighted by Crippen LogP contribution is 2.26. The summed E-state index contributed by atoms with van der Waals surface area (Å²) in [6.07, 6.45) is 0.885. The van der Waals surface area contributed by atoms with Crippen LogP contribution in [-0.2, 0) is 0 Å². The molecule has 0 spiro atoms. The Labute approximate surface area is 154 Å². The van der Waals surface area contributed by atoms with E-state index >= 15 is 0 Å². The van der Waals surface area contributed by atoms with Crippen LogP contribution in [0.3, 0.4) is 0 Å². The molecule has 0 saturated carbocycles.